The molecule has 0 rings (SSSR count). The van der Waals surface area contributed by atoms with Crippen molar-refractivity contribution in [2.24, 2.45) is 4.65 Å². The van der Waals surface area contributed by atoms with Crippen LogP contribution in [-0.4, -0.2) is 14.4 Å². The predicted octanol–water partition coefficient (Wildman–Crippen LogP) is -9.46. The number of hydrogen-bond donors (Lipinski definition) is 1. The molecule has 0 bridgehead atoms. The first kappa shape index (κ1) is 16.1. The molecule has 0 atom stereocenters. The summed E-state index contributed by atoms with van der Waals surface area (Å²) in [7, 11) is 0. The van der Waals surface area contributed by atoms with Gasteiger partial charge < -0.3 is 0 Å². The van der Waals surface area contributed by atoms with Crippen LogP contribution in [0.15, 0.2) is 0 Å². The van der Waals surface area contributed by atoms with Crippen molar-refractivity contribution in [2.45, 2.75) is 0 Å². The average Bonchev–Trinajstić information content (AvgIpc) is 0.722. The monoisotopic (exact) mass is 185 g/mol. The Kier molecular flexibility index (Phi) is 14.6. The molecule has 0 spiro atoms. The van der Waals surface area contributed by atoms with Crippen LogP contribution in [0.25, 0.3) is 0 Å². The van der Waals surface area contributed by atoms with E-state index in [4.69, 9.17) is 11.9 Å². The SMILES string of the molecule is N[As](=O)([O-])[O-].[Na+].[Na+]. The molecular formula is H2AsNNa2O3. The number of hydrogen-bond acceptors (Lipinski definition) is 3. The minimum absolute atomic E-state index is 0. The standard InChI is InChI=1S/AsH4NO3.2Na/c2-1(3,4)5;;/h(H4,2,3,4,5);;/q;2*+1/p-2. The molecule has 32 valence electrons. The molecule has 0 saturated carbocycles. The molecule has 4 nitrogen and oxygen atoms in total. The van der Waals surface area contributed by atoms with Crippen molar-refractivity contribution in [2.75, 3.05) is 0 Å². The van der Waals surface area contributed by atoms with Crippen molar-refractivity contribution in [3.8, 4) is 0 Å². The first-order chi connectivity index (χ1) is 2.00. The summed E-state index contributed by atoms with van der Waals surface area (Å²) in [5.41, 5.74) is 0. The molecule has 0 radical (unpaired) electrons. The van der Waals surface area contributed by atoms with Gasteiger partial charge in [0.1, 0.15) is 0 Å². The molecule has 0 aromatic carbocycles. The summed E-state index contributed by atoms with van der Waals surface area (Å²) in [5.74, 6) is 0. The first-order valence-corrected chi connectivity index (χ1v) is 4.19. The molecule has 0 unspecified atom stereocenters. The normalized spacial score (nSPS) is 8.43. The van der Waals surface area contributed by atoms with Crippen LogP contribution in [0.2, 0.25) is 0 Å². The van der Waals surface area contributed by atoms with Crippen LogP contribution in [-0.2, 0) is 3.74 Å². The second-order valence-corrected chi connectivity index (χ2v) is 2.81. The minimum Gasteiger partial charge on any atom is 1.00 e. The summed E-state index contributed by atoms with van der Waals surface area (Å²) < 4.78 is 30.7. The van der Waals surface area contributed by atoms with Crippen molar-refractivity contribution in [1.82, 2.24) is 0 Å². The fourth-order valence-corrected chi connectivity index (χ4v) is 0. The fraction of sp³-hybridized carbons (Fsp3) is 0. The van der Waals surface area contributed by atoms with E-state index < -0.39 is 14.4 Å². The third-order valence-corrected chi connectivity index (χ3v) is 0. The Bertz CT molecular complexity index is 59.1. The Morgan fingerprint density at radius 1 is 1.29 bits per heavy atom. The molecule has 0 amide bonds. The smallest absolute Gasteiger partial charge is 1.00 e. The van der Waals surface area contributed by atoms with Gasteiger partial charge in [-0.15, -0.1) is 0 Å². The number of nitrogens with two attached hydrogens (primary N) is 1. The minimum atomic E-state index is -5.12. The maximum Gasteiger partial charge on any atom is 1.00 e. The summed E-state index contributed by atoms with van der Waals surface area (Å²) in [6, 6.07) is 0. The molecule has 0 saturated heterocycles. The van der Waals surface area contributed by atoms with E-state index in [1.165, 1.54) is 0 Å². The molecule has 7 heavy (non-hydrogen) atoms. The molecule has 0 fully saturated rings. The predicted molar refractivity (Wildman–Crippen MR) is 10.6 cm³/mol. The van der Waals surface area contributed by atoms with E-state index in [1.807, 2.05) is 0 Å². The van der Waals surface area contributed by atoms with Crippen LogP contribution in [0.3, 0.4) is 0 Å². The maximum absolute atomic E-state index is 8.94. The fourth-order valence-electron chi connectivity index (χ4n) is 0. The zero-order chi connectivity index (χ0) is 4.50. The molecule has 0 aliphatic rings. The third kappa shape index (κ3) is 64.0. The molecular weight excluding hydrogens is 183 g/mol. The average molecular weight is 185 g/mol. The summed E-state index contributed by atoms with van der Waals surface area (Å²) in [6.07, 6.45) is 0. The van der Waals surface area contributed by atoms with Gasteiger partial charge in [-0.3, -0.25) is 0 Å². The Morgan fingerprint density at radius 2 is 1.29 bits per heavy atom. The molecule has 2 N–H and O–H groups in total. The number of rotatable bonds is 0. The topological polar surface area (TPSA) is 89.2 Å². The van der Waals surface area contributed by atoms with E-state index in [0.29, 0.717) is 0 Å². The molecule has 0 aliphatic heterocycles. The molecule has 7 heteroatoms. The van der Waals surface area contributed by atoms with Gasteiger partial charge in [-0.2, -0.15) is 0 Å². The first-order valence-electron chi connectivity index (χ1n) is 0.806. The van der Waals surface area contributed by atoms with E-state index in [-0.39, 0.29) is 59.1 Å². The van der Waals surface area contributed by atoms with Gasteiger partial charge in [0, 0.05) is 0 Å². The summed E-state index contributed by atoms with van der Waals surface area (Å²) in [6.45, 7) is 0. The molecule has 0 aromatic heterocycles. The van der Waals surface area contributed by atoms with Crippen molar-refractivity contribution in [3.05, 3.63) is 0 Å². The van der Waals surface area contributed by atoms with Gasteiger partial charge in [0.15, 0.2) is 0 Å². The van der Waals surface area contributed by atoms with Crippen LogP contribution in [0.5, 0.6) is 0 Å². The Hall–Kier alpha value is 2.24. The van der Waals surface area contributed by atoms with Crippen LogP contribution in [0, 0.1) is 0 Å². The van der Waals surface area contributed by atoms with Gasteiger partial charge in [-0.05, 0) is 0 Å². The van der Waals surface area contributed by atoms with Gasteiger partial charge >= 0.3 is 90.1 Å². The van der Waals surface area contributed by atoms with E-state index in [2.05, 4.69) is 4.65 Å². The van der Waals surface area contributed by atoms with Crippen molar-refractivity contribution < 1.29 is 71.0 Å². The van der Waals surface area contributed by atoms with Gasteiger partial charge in [0.25, 0.3) is 0 Å². The van der Waals surface area contributed by atoms with Crippen LogP contribution in [0.4, 0.5) is 0 Å². The molecule has 0 heterocycles. The zero-order valence-electron chi connectivity index (χ0n) is 4.25. The van der Waals surface area contributed by atoms with Crippen LogP contribution < -0.4 is 72.0 Å². The quantitative estimate of drug-likeness (QED) is 0.379. The summed E-state index contributed by atoms with van der Waals surface area (Å²) in [5, 5.41) is 0. The van der Waals surface area contributed by atoms with Crippen LogP contribution in [0.1, 0.15) is 0 Å². The van der Waals surface area contributed by atoms with Gasteiger partial charge in [-0.1, -0.05) is 0 Å². The Morgan fingerprint density at radius 3 is 1.29 bits per heavy atom. The Balaban J connectivity index is -0.0000000800. The summed E-state index contributed by atoms with van der Waals surface area (Å²) >= 11 is -5.12. The van der Waals surface area contributed by atoms with Gasteiger partial charge in [-0.25, -0.2) is 0 Å². The van der Waals surface area contributed by atoms with Crippen molar-refractivity contribution in [1.29, 1.82) is 0 Å². The summed E-state index contributed by atoms with van der Waals surface area (Å²) in [4.78, 5) is 0. The van der Waals surface area contributed by atoms with E-state index in [9.17, 15) is 0 Å². The maximum atomic E-state index is 8.94. The third-order valence-electron chi connectivity index (χ3n) is 0. The van der Waals surface area contributed by atoms with E-state index in [1.54, 1.807) is 0 Å². The van der Waals surface area contributed by atoms with E-state index in [0.717, 1.165) is 0 Å². The largest absolute Gasteiger partial charge is 1.00 e. The van der Waals surface area contributed by atoms with E-state index >= 15 is 0 Å². The molecule has 0 aliphatic carbocycles. The van der Waals surface area contributed by atoms with Crippen molar-refractivity contribution in [3.63, 3.8) is 0 Å². The second-order valence-electron chi connectivity index (χ2n) is 0.540. The second kappa shape index (κ2) is 6.36. The van der Waals surface area contributed by atoms with Crippen molar-refractivity contribution >= 4 is 14.4 Å². The molecule has 0 aromatic rings. The van der Waals surface area contributed by atoms with Crippen LogP contribution >= 0.6 is 0 Å². The zero-order valence-corrected chi connectivity index (χ0v) is 10.1. The van der Waals surface area contributed by atoms with Gasteiger partial charge in [0.2, 0.25) is 0 Å². The Labute approximate surface area is 88.7 Å². The van der Waals surface area contributed by atoms with Gasteiger partial charge in [0.05, 0.1) is 0 Å².